The van der Waals surface area contributed by atoms with Crippen LogP contribution >= 0.6 is 0 Å². The van der Waals surface area contributed by atoms with Crippen LogP contribution in [0.15, 0.2) is 54.6 Å². The van der Waals surface area contributed by atoms with Crippen LogP contribution in [0.5, 0.6) is 5.75 Å². The van der Waals surface area contributed by atoms with E-state index in [0.29, 0.717) is 24.2 Å². The second-order valence-electron chi connectivity index (χ2n) is 11.9. The number of hydrogen-bond donors (Lipinski definition) is 1. The Balaban J connectivity index is 1.44. The molecule has 5 fully saturated rings. The van der Waals surface area contributed by atoms with Crippen LogP contribution < -0.4 is 10.1 Å². The van der Waals surface area contributed by atoms with Crippen LogP contribution in [0.2, 0.25) is 0 Å². The number of carbonyl (C=O) groups excluding carboxylic acids is 3. The quantitative estimate of drug-likeness (QED) is 0.239. The van der Waals surface area contributed by atoms with Crippen LogP contribution in [-0.2, 0) is 38.7 Å². The number of methoxy groups -OCH3 is 2. The molecule has 8 rings (SSSR count). The summed E-state index contributed by atoms with van der Waals surface area (Å²) >= 11 is 0. The predicted molar refractivity (Wildman–Crippen MR) is 150 cm³/mol. The molecule has 10 nitrogen and oxygen atoms in total. The van der Waals surface area contributed by atoms with Crippen molar-refractivity contribution in [2.75, 3.05) is 33.2 Å². The van der Waals surface area contributed by atoms with Crippen LogP contribution in [-0.4, -0.2) is 74.3 Å². The maximum absolute atomic E-state index is 14.6. The van der Waals surface area contributed by atoms with Gasteiger partial charge in [0.25, 0.3) is 0 Å². The van der Waals surface area contributed by atoms with Crippen molar-refractivity contribution in [2.45, 2.75) is 55.2 Å². The van der Waals surface area contributed by atoms with Gasteiger partial charge in [-0.15, -0.1) is 0 Å². The van der Waals surface area contributed by atoms with Gasteiger partial charge in [0.2, 0.25) is 5.72 Å². The molecule has 1 spiro atoms. The highest BCUT2D eigenvalue weighted by molar-refractivity contribution is 5.92. The Bertz CT molecular complexity index is 1510. The number of ether oxygens (including phenoxy) is 5. The Morgan fingerprint density at radius 3 is 2.60 bits per heavy atom. The van der Waals surface area contributed by atoms with E-state index < -0.39 is 46.1 Å². The Morgan fingerprint density at radius 2 is 1.90 bits per heavy atom. The molecule has 220 valence electrons. The Kier molecular flexibility index (Phi) is 5.81. The highest BCUT2D eigenvalue weighted by Crippen LogP contribution is 2.75. The SMILES string of the molecule is COC(=O)C1(COC(=O)C=Cc2ccccc2)C2CCC(N(C)C23OC3C)C23Nc4ccc(OC)cc4C21CC(=O)O3. The van der Waals surface area contributed by atoms with Crippen molar-refractivity contribution in [1.29, 1.82) is 0 Å². The molecule has 2 aromatic carbocycles. The zero-order chi connectivity index (χ0) is 29.5. The number of epoxide rings is 1. The first-order valence-corrected chi connectivity index (χ1v) is 14.3. The third-order valence-electron chi connectivity index (χ3n) is 10.5. The fourth-order valence-electron chi connectivity index (χ4n) is 8.87. The molecule has 0 aromatic heterocycles. The number of piperidine rings is 1. The van der Waals surface area contributed by atoms with Crippen molar-refractivity contribution in [3.05, 3.63) is 65.7 Å². The van der Waals surface area contributed by atoms with Crippen molar-refractivity contribution in [2.24, 2.45) is 11.3 Å². The lowest BCUT2D eigenvalue weighted by atomic mass is 9.50. The van der Waals surface area contributed by atoms with E-state index in [0.717, 1.165) is 11.3 Å². The summed E-state index contributed by atoms with van der Waals surface area (Å²) in [6.07, 6.45) is 3.88. The monoisotopic (exact) mass is 574 g/mol. The van der Waals surface area contributed by atoms with Crippen molar-refractivity contribution in [1.82, 2.24) is 4.90 Å². The molecule has 2 aromatic rings. The Morgan fingerprint density at radius 1 is 1.14 bits per heavy atom. The predicted octanol–water partition coefficient (Wildman–Crippen LogP) is 3.26. The number of hydrogen-bond acceptors (Lipinski definition) is 10. The average Bonchev–Trinajstić information content (AvgIpc) is 3.49. The van der Waals surface area contributed by atoms with Gasteiger partial charge in [-0.2, -0.15) is 0 Å². The first-order valence-electron chi connectivity index (χ1n) is 14.3. The number of anilines is 1. The van der Waals surface area contributed by atoms with Gasteiger partial charge in [-0.3, -0.25) is 14.5 Å². The van der Waals surface area contributed by atoms with E-state index in [9.17, 15) is 14.4 Å². The van der Waals surface area contributed by atoms with Gasteiger partial charge in [0.1, 0.15) is 23.9 Å². The van der Waals surface area contributed by atoms with Gasteiger partial charge < -0.3 is 29.0 Å². The van der Waals surface area contributed by atoms with Crippen molar-refractivity contribution >= 4 is 29.7 Å². The lowest BCUT2D eigenvalue weighted by Gasteiger charge is -2.50. The number of benzene rings is 2. The fourth-order valence-corrected chi connectivity index (χ4v) is 8.87. The topological polar surface area (TPSA) is 116 Å². The summed E-state index contributed by atoms with van der Waals surface area (Å²) in [5.74, 6) is -1.56. The van der Waals surface area contributed by atoms with E-state index >= 15 is 0 Å². The summed E-state index contributed by atoms with van der Waals surface area (Å²) in [6.45, 7) is 1.64. The molecule has 7 atom stereocenters. The third-order valence-corrected chi connectivity index (χ3v) is 10.5. The second kappa shape index (κ2) is 9.05. The van der Waals surface area contributed by atoms with Crippen LogP contribution in [0.3, 0.4) is 0 Å². The maximum Gasteiger partial charge on any atom is 0.330 e. The van der Waals surface area contributed by atoms with Crippen molar-refractivity contribution in [3.8, 4) is 5.75 Å². The van der Waals surface area contributed by atoms with E-state index in [-0.39, 0.29) is 25.2 Å². The number of nitrogens with zero attached hydrogens (tertiary/aromatic N) is 1. The van der Waals surface area contributed by atoms with Gasteiger partial charge in [0, 0.05) is 17.7 Å². The van der Waals surface area contributed by atoms with E-state index in [1.807, 2.05) is 62.5 Å². The number of rotatable bonds is 6. The molecule has 1 aliphatic carbocycles. The van der Waals surface area contributed by atoms with Crippen molar-refractivity contribution < 1.29 is 38.1 Å². The number of nitrogens with one attached hydrogen (secondary N) is 1. The minimum Gasteiger partial charge on any atom is -0.497 e. The van der Waals surface area contributed by atoms with Gasteiger partial charge >= 0.3 is 17.9 Å². The molecular weight excluding hydrogens is 540 g/mol. The summed E-state index contributed by atoms with van der Waals surface area (Å²) in [4.78, 5) is 43.4. The number of esters is 3. The van der Waals surface area contributed by atoms with Crippen LogP contribution in [0.4, 0.5) is 5.69 Å². The summed E-state index contributed by atoms with van der Waals surface area (Å²) < 4.78 is 30.0. The minimum absolute atomic E-state index is 0.113. The molecule has 5 heterocycles. The first kappa shape index (κ1) is 27.0. The molecule has 7 unspecified atom stereocenters. The Hall–Kier alpha value is -3.89. The average molecular weight is 575 g/mol. The summed E-state index contributed by atoms with van der Waals surface area (Å²) in [6, 6.07) is 14.6. The Labute approximate surface area is 243 Å². The molecule has 1 saturated carbocycles. The fraction of sp³-hybridized carbons (Fsp3) is 0.469. The first-order chi connectivity index (χ1) is 20.2. The number of carbonyl (C=O) groups is 3. The van der Waals surface area contributed by atoms with Crippen LogP contribution in [0.1, 0.15) is 37.3 Å². The summed E-state index contributed by atoms with van der Waals surface area (Å²) in [5.41, 5.74) is -2.78. The van der Waals surface area contributed by atoms with E-state index in [1.54, 1.807) is 13.2 Å². The highest BCUT2D eigenvalue weighted by Gasteiger charge is 2.89. The zero-order valence-corrected chi connectivity index (χ0v) is 24.0. The molecule has 1 N–H and O–H groups in total. The van der Waals surface area contributed by atoms with Gasteiger partial charge in [-0.1, -0.05) is 30.3 Å². The molecule has 5 aliphatic heterocycles. The van der Waals surface area contributed by atoms with Gasteiger partial charge in [0.15, 0.2) is 5.72 Å². The third kappa shape index (κ3) is 3.14. The smallest absolute Gasteiger partial charge is 0.330 e. The second-order valence-corrected chi connectivity index (χ2v) is 11.9. The van der Waals surface area contributed by atoms with Gasteiger partial charge in [-0.25, -0.2) is 4.79 Å². The van der Waals surface area contributed by atoms with Crippen LogP contribution in [0.25, 0.3) is 6.08 Å². The number of fused-ring (bicyclic) bond motifs is 2. The molecular formula is C32H34N2O8. The van der Waals surface area contributed by atoms with E-state index in [1.165, 1.54) is 13.2 Å². The van der Waals surface area contributed by atoms with Crippen molar-refractivity contribution in [3.63, 3.8) is 0 Å². The molecule has 10 heteroatoms. The lowest BCUT2D eigenvalue weighted by Crippen LogP contribution is -2.67. The van der Waals surface area contributed by atoms with Crippen LogP contribution in [0, 0.1) is 11.3 Å². The minimum atomic E-state index is -1.56. The largest absolute Gasteiger partial charge is 0.497 e. The standard InChI is InChI=1S/C32H34N2O8/c1-19-31(41-19)24-13-14-25(34(31)2)32-30(17-27(36)42-32,22-16-21(38-3)11-12-23(22)33-32)29(24,28(37)39-4)18-40-26(35)15-10-20-8-6-5-7-9-20/h5-12,15-16,19,24-25,33H,13-14,17-18H2,1-4H3. The zero-order valence-electron chi connectivity index (χ0n) is 24.0. The molecule has 6 aliphatic rings. The summed E-state index contributed by atoms with van der Waals surface area (Å²) in [7, 11) is 4.86. The maximum atomic E-state index is 14.6. The van der Waals surface area contributed by atoms with E-state index in [2.05, 4.69) is 10.2 Å². The number of likely N-dealkylation sites (N-methyl/N-ethyl adjacent to an activating group) is 1. The van der Waals surface area contributed by atoms with Gasteiger partial charge in [-0.05, 0) is 62.2 Å². The van der Waals surface area contributed by atoms with Gasteiger partial charge in [0.05, 0.1) is 32.1 Å². The molecule has 0 radical (unpaired) electrons. The molecule has 4 saturated heterocycles. The summed E-state index contributed by atoms with van der Waals surface area (Å²) in [5, 5.41) is 3.57. The lowest BCUT2D eigenvalue weighted by molar-refractivity contribution is -0.182. The molecule has 0 amide bonds. The highest BCUT2D eigenvalue weighted by atomic mass is 16.6. The van der Waals surface area contributed by atoms with E-state index in [4.69, 9.17) is 23.7 Å². The molecule has 2 bridgehead atoms. The molecule has 42 heavy (non-hydrogen) atoms. The normalized spacial score (nSPS) is 37.3.